The maximum absolute atomic E-state index is 12.8. The topological polar surface area (TPSA) is 73.5 Å². The van der Waals surface area contributed by atoms with Crippen LogP contribution in [0.1, 0.15) is 31.7 Å². The molecule has 0 spiro atoms. The highest BCUT2D eigenvalue weighted by molar-refractivity contribution is 7.80. The number of hydrogen-bond acceptors (Lipinski definition) is 3. The molecule has 1 aliphatic heterocycles. The summed E-state index contributed by atoms with van der Waals surface area (Å²) in [6.45, 7) is 1.87. The lowest BCUT2D eigenvalue weighted by molar-refractivity contribution is -0.133. The van der Waals surface area contributed by atoms with Crippen molar-refractivity contribution in [2.75, 3.05) is 0 Å². The molecule has 7 heteroatoms. The van der Waals surface area contributed by atoms with Crippen LogP contribution in [0.3, 0.4) is 0 Å². The van der Waals surface area contributed by atoms with Crippen molar-refractivity contribution < 1.29 is 9.59 Å². The largest absolute Gasteiger partial charge is 0.359 e. The molecule has 6 nitrogen and oxygen atoms in total. The zero-order valence-corrected chi connectivity index (χ0v) is 13.1. The molecule has 3 N–H and O–H groups in total. The van der Waals surface area contributed by atoms with Crippen LogP contribution in [0, 0.1) is 0 Å². The van der Waals surface area contributed by atoms with Crippen molar-refractivity contribution in [1.29, 1.82) is 0 Å². The fourth-order valence-electron chi connectivity index (χ4n) is 2.59. The van der Waals surface area contributed by atoms with Crippen molar-refractivity contribution in [2.45, 2.75) is 37.8 Å². The van der Waals surface area contributed by atoms with E-state index in [9.17, 15) is 9.59 Å². The molecule has 3 rings (SSSR count). The Labute approximate surface area is 134 Å². The molecule has 116 valence electrons. The summed E-state index contributed by atoms with van der Waals surface area (Å²) in [6, 6.07) is 9.11. The van der Waals surface area contributed by atoms with Gasteiger partial charge in [-0.15, -0.1) is 0 Å². The molecule has 2 aliphatic rings. The first kappa shape index (κ1) is 14.8. The van der Waals surface area contributed by atoms with Gasteiger partial charge < -0.3 is 10.6 Å². The van der Waals surface area contributed by atoms with E-state index in [0.29, 0.717) is 17.6 Å². The number of rotatable bonds is 4. The van der Waals surface area contributed by atoms with Crippen molar-refractivity contribution in [1.82, 2.24) is 21.1 Å². The van der Waals surface area contributed by atoms with Crippen LogP contribution in [0.5, 0.6) is 0 Å². The summed E-state index contributed by atoms with van der Waals surface area (Å²) < 4.78 is 0. The summed E-state index contributed by atoms with van der Waals surface area (Å²) in [7, 11) is 0. The van der Waals surface area contributed by atoms with Crippen molar-refractivity contribution >= 4 is 29.3 Å². The fraction of sp³-hybridized carbons (Fsp3) is 0.400. The number of hydrazine groups is 1. The standard InChI is InChI=1S/C15H18N4O2S/c1-2-15(10-6-4-3-5-7-10)12(20)19(14(21)17-15)18-13(22)16-11-8-9-11/h3-7,11H,2,8-9H2,1H3,(H,17,21)(H2,16,18,22)/t15-/m1/s1. The Morgan fingerprint density at radius 3 is 2.64 bits per heavy atom. The number of thiocarbonyl (C=S) groups is 1. The Kier molecular flexibility index (Phi) is 3.74. The second-order valence-corrected chi connectivity index (χ2v) is 5.96. The van der Waals surface area contributed by atoms with E-state index >= 15 is 0 Å². The van der Waals surface area contributed by atoms with Crippen LogP contribution in [0.25, 0.3) is 0 Å². The Hall–Kier alpha value is -2.15. The molecule has 1 aromatic carbocycles. The van der Waals surface area contributed by atoms with E-state index in [1.807, 2.05) is 37.3 Å². The molecule has 0 radical (unpaired) electrons. The SMILES string of the molecule is CC[C@]1(c2ccccc2)NC(=O)N(NC(=S)NC2CC2)C1=O. The summed E-state index contributed by atoms with van der Waals surface area (Å²) in [4.78, 5) is 25.0. The first-order valence-electron chi connectivity index (χ1n) is 7.36. The van der Waals surface area contributed by atoms with E-state index in [0.717, 1.165) is 23.4 Å². The van der Waals surface area contributed by atoms with Gasteiger partial charge in [0.2, 0.25) is 0 Å². The van der Waals surface area contributed by atoms with Crippen LogP contribution in [0.4, 0.5) is 4.79 Å². The van der Waals surface area contributed by atoms with Gasteiger partial charge in [-0.05, 0) is 37.0 Å². The average molecular weight is 318 g/mol. The van der Waals surface area contributed by atoms with Gasteiger partial charge in [0.15, 0.2) is 5.11 Å². The fourth-order valence-corrected chi connectivity index (χ4v) is 2.84. The van der Waals surface area contributed by atoms with Gasteiger partial charge in [-0.2, -0.15) is 5.01 Å². The van der Waals surface area contributed by atoms with E-state index < -0.39 is 11.6 Å². The third-order valence-corrected chi connectivity index (χ3v) is 4.22. The maximum Gasteiger partial charge on any atom is 0.344 e. The first-order valence-corrected chi connectivity index (χ1v) is 7.77. The third-order valence-electron chi connectivity index (χ3n) is 4.01. The summed E-state index contributed by atoms with van der Waals surface area (Å²) >= 11 is 5.14. The van der Waals surface area contributed by atoms with E-state index in [2.05, 4.69) is 16.1 Å². The highest BCUT2D eigenvalue weighted by Gasteiger charge is 2.52. The highest BCUT2D eigenvalue weighted by atomic mass is 32.1. The molecule has 1 aromatic rings. The molecule has 22 heavy (non-hydrogen) atoms. The van der Waals surface area contributed by atoms with Crippen LogP contribution in [0.2, 0.25) is 0 Å². The normalized spacial score (nSPS) is 24.1. The average Bonchev–Trinajstić information content (AvgIpc) is 3.30. The lowest BCUT2D eigenvalue weighted by Crippen LogP contribution is -2.51. The van der Waals surface area contributed by atoms with Gasteiger partial charge in [-0.25, -0.2) is 4.79 Å². The van der Waals surface area contributed by atoms with Gasteiger partial charge in [0.25, 0.3) is 5.91 Å². The highest BCUT2D eigenvalue weighted by Crippen LogP contribution is 2.31. The van der Waals surface area contributed by atoms with Gasteiger partial charge in [-0.1, -0.05) is 37.3 Å². The van der Waals surface area contributed by atoms with Crippen LogP contribution < -0.4 is 16.1 Å². The monoisotopic (exact) mass is 318 g/mol. The predicted octanol–water partition coefficient (Wildman–Crippen LogP) is 1.39. The molecular weight excluding hydrogens is 300 g/mol. The number of carbonyl (C=O) groups is 2. The summed E-state index contributed by atoms with van der Waals surface area (Å²) in [6.07, 6.45) is 2.58. The van der Waals surface area contributed by atoms with Crippen LogP contribution in [-0.4, -0.2) is 28.1 Å². The molecule has 1 atom stereocenters. The van der Waals surface area contributed by atoms with Crippen molar-refractivity contribution in [3.8, 4) is 0 Å². The Bertz CT molecular complexity index is 617. The van der Waals surface area contributed by atoms with Gasteiger partial charge in [0, 0.05) is 6.04 Å². The van der Waals surface area contributed by atoms with Crippen LogP contribution in [-0.2, 0) is 10.3 Å². The minimum atomic E-state index is -1.04. The number of amides is 3. The molecule has 0 aromatic heterocycles. The summed E-state index contributed by atoms with van der Waals surface area (Å²) in [5.41, 5.74) is 2.42. The number of urea groups is 1. The Balaban J connectivity index is 1.81. The molecular formula is C15H18N4O2S. The summed E-state index contributed by atoms with van der Waals surface area (Å²) in [5.74, 6) is -0.342. The second-order valence-electron chi connectivity index (χ2n) is 5.56. The van der Waals surface area contributed by atoms with Gasteiger partial charge >= 0.3 is 6.03 Å². The quantitative estimate of drug-likeness (QED) is 0.578. The van der Waals surface area contributed by atoms with Crippen LogP contribution >= 0.6 is 12.2 Å². The first-order chi connectivity index (χ1) is 10.6. The third kappa shape index (κ3) is 2.52. The molecule has 0 unspecified atom stereocenters. The molecule has 1 saturated carbocycles. The lowest BCUT2D eigenvalue weighted by Gasteiger charge is -2.25. The molecule has 1 saturated heterocycles. The molecule has 1 heterocycles. The van der Waals surface area contributed by atoms with Crippen molar-refractivity contribution in [3.05, 3.63) is 35.9 Å². The second kappa shape index (κ2) is 5.57. The Morgan fingerprint density at radius 1 is 1.36 bits per heavy atom. The number of nitrogens with one attached hydrogen (secondary N) is 3. The molecule has 2 fully saturated rings. The van der Waals surface area contributed by atoms with E-state index in [1.54, 1.807) is 0 Å². The molecule has 1 aliphatic carbocycles. The smallest absolute Gasteiger partial charge is 0.344 e. The van der Waals surface area contributed by atoms with Crippen molar-refractivity contribution in [3.63, 3.8) is 0 Å². The van der Waals surface area contributed by atoms with Crippen molar-refractivity contribution in [2.24, 2.45) is 0 Å². The van der Waals surface area contributed by atoms with E-state index in [-0.39, 0.29) is 5.91 Å². The van der Waals surface area contributed by atoms with Gasteiger partial charge in [0.05, 0.1) is 0 Å². The number of carbonyl (C=O) groups excluding carboxylic acids is 2. The van der Waals surface area contributed by atoms with Gasteiger partial charge in [-0.3, -0.25) is 10.2 Å². The number of nitrogens with zero attached hydrogens (tertiary/aromatic N) is 1. The maximum atomic E-state index is 12.8. The minimum absolute atomic E-state index is 0.297. The van der Waals surface area contributed by atoms with Gasteiger partial charge in [0.1, 0.15) is 5.54 Å². The van der Waals surface area contributed by atoms with E-state index in [4.69, 9.17) is 12.2 Å². The number of hydrogen-bond donors (Lipinski definition) is 3. The zero-order valence-electron chi connectivity index (χ0n) is 12.3. The minimum Gasteiger partial charge on any atom is -0.359 e. The Morgan fingerprint density at radius 2 is 2.05 bits per heavy atom. The lowest BCUT2D eigenvalue weighted by atomic mass is 9.87. The number of benzene rings is 1. The summed E-state index contributed by atoms with van der Waals surface area (Å²) in [5, 5.41) is 7.11. The van der Waals surface area contributed by atoms with E-state index in [1.165, 1.54) is 0 Å². The predicted molar refractivity (Wildman–Crippen MR) is 85.7 cm³/mol. The van der Waals surface area contributed by atoms with Crippen LogP contribution in [0.15, 0.2) is 30.3 Å². The zero-order chi connectivity index (χ0) is 15.7. The molecule has 3 amide bonds. The molecule has 0 bridgehead atoms. The number of imide groups is 1.